The molecule has 4 nitrogen and oxygen atoms in total. The van der Waals surface area contributed by atoms with Gasteiger partial charge in [-0.15, -0.1) is 0 Å². The predicted octanol–water partition coefficient (Wildman–Crippen LogP) is 3.08. The number of para-hydroxylation sites is 1. The summed E-state index contributed by atoms with van der Waals surface area (Å²) in [5.74, 6) is -0.0802. The molecular weight excluding hydrogens is 250 g/mol. The molecule has 0 aliphatic rings. The number of hydrogen-bond acceptors (Lipinski definition) is 3. The number of carbonyl (C=O) groups is 1. The highest BCUT2D eigenvalue weighted by atomic mass is 16.2. The summed E-state index contributed by atoms with van der Waals surface area (Å²) in [4.78, 5) is 18.6. The number of nitrogens with two attached hydrogens (primary N) is 1. The SMILES string of the molecule is CCCC(C)N(C)C(=O)c1cc(N)c2ccccc2n1. The third-order valence-corrected chi connectivity index (χ3v) is 3.66. The molecular formula is C16H21N3O. The second-order valence-electron chi connectivity index (χ2n) is 5.17. The van der Waals surface area contributed by atoms with E-state index < -0.39 is 0 Å². The van der Waals surface area contributed by atoms with Gasteiger partial charge in [-0.1, -0.05) is 31.5 Å². The van der Waals surface area contributed by atoms with Crippen molar-refractivity contribution < 1.29 is 4.79 Å². The molecule has 0 radical (unpaired) electrons. The first-order valence-corrected chi connectivity index (χ1v) is 6.97. The van der Waals surface area contributed by atoms with Gasteiger partial charge in [-0.25, -0.2) is 4.98 Å². The van der Waals surface area contributed by atoms with E-state index in [-0.39, 0.29) is 11.9 Å². The molecule has 0 fully saturated rings. The van der Waals surface area contributed by atoms with Crippen LogP contribution in [0.3, 0.4) is 0 Å². The lowest BCUT2D eigenvalue weighted by Gasteiger charge is -2.24. The third kappa shape index (κ3) is 2.74. The summed E-state index contributed by atoms with van der Waals surface area (Å²) >= 11 is 0. The standard InChI is InChI=1S/C16H21N3O/c1-4-7-11(2)19(3)16(20)15-10-13(17)12-8-5-6-9-14(12)18-15/h5-6,8-11H,4,7H2,1-3H3,(H2,17,18). The number of anilines is 1. The molecule has 0 spiro atoms. The molecule has 0 saturated heterocycles. The highest BCUT2D eigenvalue weighted by Crippen LogP contribution is 2.21. The fourth-order valence-electron chi connectivity index (χ4n) is 2.30. The molecule has 1 amide bonds. The van der Waals surface area contributed by atoms with Gasteiger partial charge in [0.15, 0.2) is 0 Å². The van der Waals surface area contributed by atoms with Crippen LogP contribution in [0.5, 0.6) is 0 Å². The Bertz CT molecular complexity index is 624. The number of carbonyl (C=O) groups excluding carboxylic acids is 1. The zero-order valence-electron chi connectivity index (χ0n) is 12.3. The van der Waals surface area contributed by atoms with E-state index in [2.05, 4.69) is 11.9 Å². The average molecular weight is 271 g/mol. The van der Waals surface area contributed by atoms with E-state index in [1.54, 1.807) is 11.0 Å². The minimum atomic E-state index is -0.0802. The molecule has 0 saturated carbocycles. The van der Waals surface area contributed by atoms with Crippen molar-refractivity contribution in [1.29, 1.82) is 0 Å². The van der Waals surface area contributed by atoms with Crippen LogP contribution in [0.25, 0.3) is 10.9 Å². The number of aromatic nitrogens is 1. The van der Waals surface area contributed by atoms with E-state index in [0.717, 1.165) is 23.7 Å². The number of nitrogen functional groups attached to an aromatic ring is 1. The maximum Gasteiger partial charge on any atom is 0.272 e. The van der Waals surface area contributed by atoms with E-state index in [1.165, 1.54) is 0 Å². The van der Waals surface area contributed by atoms with Crippen LogP contribution in [0.1, 0.15) is 37.2 Å². The molecule has 0 aliphatic carbocycles. The van der Waals surface area contributed by atoms with Crippen molar-refractivity contribution in [2.24, 2.45) is 0 Å². The van der Waals surface area contributed by atoms with Crippen LogP contribution in [-0.2, 0) is 0 Å². The molecule has 1 aromatic carbocycles. The fourth-order valence-corrected chi connectivity index (χ4v) is 2.30. The molecule has 1 aromatic heterocycles. The number of amides is 1. The Morgan fingerprint density at radius 3 is 2.80 bits per heavy atom. The Hall–Kier alpha value is -2.10. The predicted molar refractivity (Wildman–Crippen MR) is 82.6 cm³/mol. The van der Waals surface area contributed by atoms with Crippen LogP contribution in [0.15, 0.2) is 30.3 Å². The van der Waals surface area contributed by atoms with E-state index in [1.807, 2.05) is 38.2 Å². The van der Waals surface area contributed by atoms with E-state index >= 15 is 0 Å². The van der Waals surface area contributed by atoms with Gasteiger partial charge in [0.05, 0.1) is 5.52 Å². The van der Waals surface area contributed by atoms with E-state index in [9.17, 15) is 4.79 Å². The number of pyridine rings is 1. The van der Waals surface area contributed by atoms with Crippen LogP contribution >= 0.6 is 0 Å². The molecule has 2 aromatic rings. The molecule has 1 heterocycles. The Balaban J connectivity index is 2.35. The van der Waals surface area contributed by atoms with Gasteiger partial charge in [0, 0.05) is 24.2 Å². The summed E-state index contributed by atoms with van der Waals surface area (Å²) in [6, 6.07) is 9.46. The number of nitrogens with zero attached hydrogens (tertiary/aromatic N) is 2. The van der Waals surface area contributed by atoms with Gasteiger partial charge in [0.1, 0.15) is 5.69 Å². The topological polar surface area (TPSA) is 59.2 Å². The minimum Gasteiger partial charge on any atom is -0.398 e. The van der Waals surface area contributed by atoms with Crippen molar-refractivity contribution >= 4 is 22.5 Å². The second kappa shape index (κ2) is 5.90. The lowest BCUT2D eigenvalue weighted by Crippen LogP contribution is -2.35. The van der Waals surface area contributed by atoms with Crippen molar-refractivity contribution in [2.75, 3.05) is 12.8 Å². The lowest BCUT2D eigenvalue weighted by molar-refractivity contribution is 0.0731. The van der Waals surface area contributed by atoms with Crippen LogP contribution in [-0.4, -0.2) is 28.9 Å². The highest BCUT2D eigenvalue weighted by molar-refractivity contribution is 5.99. The molecule has 20 heavy (non-hydrogen) atoms. The van der Waals surface area contributed by atoms with Crippen LogP contribution in [0, 0.1) is 0 Å². The monoisotopic (exact) mass is 271 g/mol. The zero-order valence-corrected chi connectivity index (χ0v) is 12.3. The van der Waals surface area contributed by atoms with Gasteiger partial charge in [0.25, 0.3) is 5.91 Å². The largest absolute Gasteiger partial charge is 0.398 e. The molecule has 1 unspecified atom stereocenters. The maximum absolute atomic E-state index is 12.5. The summed E-state index contributed by atoms with van der Waals surface area (Å²) in [7, 11) is 1.82. The number of hydrogen-bond donors (Lipinski definition) is 1. The molecule has 0 bridgehead atoms. The Kier molecular flexibility index (Phi) is 4.23. The van der Waals surface area contributed by atoms with Gasteiger partial charge >= 0.3 is 0 Å². The summed E-state index contributed by atoms with van der Waals surface area (Å²) in [5.41, 5.74) is 7.78. The summed E-state index contributed by atoms with van der Waals surface area (Å²) in [5, 5.41) is 0.883. The second-order valence-corrected chi connectivity index (χ2v) is 5.17. The van der Waals surface area contributed by atoms with Gasteiger partial charge < -0.3 is 10.6 Å². The first kappa shape index (κ1) is 14.3. The molecule has 2 N–H and O–H groups in total. The quantitative estimate of drug-likeness (QED) is 0.929. The van der Waals surface area contributed by atoms with Gasteiger partial charge in [0.2, 0.25) is 0 Å². The Morgan fingerprint density at radius 1 is 1.40 bits per heavy atom. The van der Waals surface area contributed by atoms with Crippen LogP contribution < -0.4 is 5.73 Å². The highest BCUT2D eigenvalue weighted by Gasteiger charge is 2.19. The van der Waals surface area contributed by atoms with Gasteiger partial charge in [-0.3, -0.25) is 4.79 Å². The van der Waals surface area contributed by atoms with Crippen molar-refractivity contribution in [3.8, 4) is 0 Å². The van der Waals surface area contributed by atoms with Crippen molar-refractivity contribution in [1.82, 2.24) is 9.88 Å². The summed E-state index contributed by atoms with van der Waals surface area (Å²) < 4.78 is 0. The number of benzene rings is 1. The van der Waals surface area contributed by atoms with Gasteiger partial charge in [-0.05, 0) is 25.5 Å². The first-order chi connectivity index (χ1) is 9.54. The zero-order chi connectivity index (χ0) is 14.7. The van der Waals surface area contributed by atoms with E-state index in [0.29, 0.717) is 11.4 Å². The molecule has 2 rings (SSSR count). The van der Waals surface area contributed by atoms with Crippen LogP contribution in [0.2, 0.25) is 0 Å². The average Bonchev–Trinajstić information content (AvgIpc) is 2.46. The van der Waals surface area contributed by atoms with E-state index in [4.69, 9.17) is 5.73 Å². The van der Waals surface area contributed by atoms with Crippen molar-refractivity contribution in [2.45, 2.75) is 32.7 Å². The lowest BCUT2D eigenvalue weighted by atomic mass is 10.1. The third-order valence-electron chi connectivity index (χ3n) is 3.66. The smallest absolute Gasteiger partial charge is 0.272 e. The Labute approximate surface area is 119 Å². The number of fused-ring (bicyclic) bond motifs is 1. The van der Waals surface area contributed by atoms with Gasteiger partial charge in [-0.2, -0.15) is 0 Å². The number of rotatable bonds is 4. The molecule has 4 heteroatoms. The normalized spacial score (nSPS) is 12.3. The molecule has 0 aliphatic heterocycles. The Morgan fingerprint density at radius 2 is 2.10 bits per heavy atom. The van der Waals surface area contributed by atoms with Crippen molar-refractivity contribution in [3.05, 3.63) is 36.0 Å². The van der Waals surface area contributed by atoms with Crippen molar-refractivity contribution in [3.63, 3.8) is 0 Å². The van der Waals surface area contributed by atoms with Crippen LogP contribution in [0.4, 0.5) is 5.69 Å². The molecule has 1 atom stereocenters. The summed E-state index contributed by atoms with van der Waals surface area (Å²) in [6.45, 7) is 4.16. The maximum atomic E-state index is 12.5. The summed E-state index contributed by atoms with van der Waals surface area (Å²) in [6.07, 6.45) is 2.03. The fraction of sp³-hybridized carbons (Fsp3) is 0.375. The molecule has 106 valence electrons. The first-order valence-electron chi connectivity index (χ1n) is 6.97. The minimum absolute atomic E-state index is 0.0802.